The Bertz CT molecular complexity index is 724. The van der Waals surface area contributed by atoms with Crippen LogP contribution < -0.4 is 18.9 Å². The van der Waals surface area contributed by atoms with Gasteiger partial charge >= 0.3 is 0 Å². The molecule has 0 bridgehead atoms. The van der Waals surface area contributed by atoms with E-state index in [0.717, 1.165) is 5.56 Å². The zero-order chi connectivity index (χ0) is 17.7. The minimum atomic E-state index is -0.886. The molecule has 1 unspecified atom stereocenters. The van der Waals surface area contributed by atoms with E-state index in [0.29, 0.717) is 34.1 Å². The van der Waals surface area contributed by atoms with E-state index in [-0.39, 0.29) is 0 Å². The van der Waals surface area contributed by atoms with E-state index in [1.807, 2.05) is 6.07 Å². The molecule has 0 amide bonds. The van der Waals surface area contributed by atoms with Gasteiger partial charge in [-0.3, -0.25) is 0 Å². The summed E-state index contributed by atoms with van der Waals surface area (Å²) >= 11 is 0. The summed E-state index contributed by atoms with van der Waals surface area (Å²) < 4.78 is 21.0. The van der Waals surface area contributed by atoms with Crippen LogP contribution in [0.4, 0.5) is 0 Å². The first-order valence-corrected chi connectivity index (χ1v) is 7.36. The van der Waals surface area contributed by atoms with E-state index in [2.05, 4.69) is 6.58 Å². The van der Waals surface area contributed by atoms with Gasteiger partial charge in [0.15, 0.2) is 23.0 Å². The van der Waals surface area contributed by atoms with E-state index in [1.165, 1.54) is 0 Å². The molecule has 24 heavy (non-hydrogen) atoms. The molecular weight excluding hydrogens is 308 g/mol. The van der Waals surface area contributed by atoms with Crippen LogP contribution in [0.15, 0.2) is 43.0 Å². The smallest absolute Gasteiger partial charge is 0.161 e. The zero-order valence-electron chi connectivity index (χ0n) is 14.3. The number of hydrogen-bond acceptors (Lipinski definition) is 5. The van der Waals surface area contributed by atoms with Crippen molar-refractivity contribution < 1.29 is 24.1 Å². The number of ether oxygens (including phenoxy) is 4. The van der Waals surface area contributed by atoms with E-state index in [1.54, 1.807) is 58.8 Å². The molecule has 0 aliphatic rings. The molecule has 0 spiro atoms. The van der Waals surface area contributed by atoms with Gasteiger partial charge in [0.25, 0.3) is 0 Å². The molecule has 5 heteroatoms. The highest BCUT2D eigenvalue weighted by atomic mass is 16.5. The molecule has 0 saturated carbocycles. The van der Waals surface area contributed by atoms with Gasteiger partial charge in [-0.15, -0.1) is 0 Å². The lowest BCUT2D eigenvalue weighted by Gasteiger charge is -2.18. The van der Waals surface area contributed by atoms with Gasteiger partial charge in [-0.05, 0) is 41.0 Å². The maximum atomic E-state index is 10.6. The lowest BCUT2D eigenvalue weighted by molar-refractivity contribution is 0.237. The van der Waals surface area contributed by atoms with Crippen LogP contribution in [0.5, 0.6) is 23.0 Å². The van der Waals surface area contributed by atoms with Crippen molar-refractivity contribution in [1.29, 1.82) is 0 Å². The van der Waals surface area contributed by atoms with E-state index in [4.69, 9.17) is 18.9 Å². The van der Waals surface area contributed by atoms with Crippen molar-refractivity contribution in [1.82, 2.24) is 0 Å². The van der Waals surface area contributed by atoms with Gasteiger partial charge in [0, 0.05) is 0 Å². The average Bonchev–Trinajstić information content (AvgIpc) is 2.65. The molecule has 0 fully saturated rings. The van der Waals surface area contributed by atoms with Crippen molar-refractivity contribution in [2.45, 2.75) is 6.10 Å². The van der Waals surface area contributed by atoms with E-state index in [9.17, 15) is 5.11 Å². The van der Waals surface area contributed by atoms with Crippen LogP contribution in [0.25, 0.3) is 5.57 Å². The lowest BCUT2D eigenvalue weighted by Crippen LogP contribution is -2.02. The van der Waals surface area contributed by atoms with Crippen LogP contribution in [-0.2, 0) is 0 Å². The number of aliphatic hydroxyl groups is 1. The minimum absolute atomic E-state index is 0.545. The summed E-state index contributed by atoms with van der Waals surface area (Å²) in [6.45, 7) is 4.01. The largest absolute Gasteiger partial charge is 0.493 e. The Labute approximate surface area is 142 Å². The third-order valence-corrected chi connectivity index (χ3v) is 3.81. The molecule has 0 radical (unpaired) electrons. The summed E-state index contributed by atoms with van der Waals surface area (Å²) in [6.07, 6.45) is -0.886. The zero-order valence-corrected chi connectivity index (χ0v) is 14.3. The van der Waals surface area contributed by atoms with Crippen molar-refractivity contribution in [2.75, 3.05) is 28.4 Å². The molecule has 2 aromatic carbocycles. The van der Waals surface area contributed by atoms with Gasteiger partial charge in [-0.1, -0.05) is 18.7 Å². The molecular formula is C19H22O5. The van der Waals surface area contributed by atoms with Crippen molar-refractivity contribution >= 4 is 5.57 Å². The first-order chi connectivity index (χ1) is 11.5. The number of hydrogen-bond donors (Lipinski definition) is 1. The lowest BCUT2D eigenvalue weighted by atomic mass is 9.96. The van der Waals surface area contributed by atoms with Gasteiger partial charge in [0.2, 0.25) is 0 Å². The fraction of sp³-hybridized carbons (Fsp3) is 0.263. The highest BCUT2D eigenvalue weighted by molar-refractivity contribution is 5.70. The molecule has 1 atom stereocenters. The molecule has 0 heterocycles. The third-order valence-electron chi connectivity index (χ3n) is 3.81. The Kier molecular flexibility index (Phi) is 5.71. The van der Waals surface area contributed by atoms with Gasteiger partial charge < -0.3 is 24.1 Å². The fourth-order valence-electron chi connectivity index (χ4n) is 2.42. The molecule has 0 aromatic heterocycles. The Morgan fingerprint density at radius 2 is 1.29 bits per heavy atom. The van der Waals surface area contributed by atoms with Crippen LogP contribution in [0.2, 0.25) is 0 Å². The van der Waals surface area contributed by atoms with Gasteiger partial charge in [0.1, 0.15) is 6.10 Å². The molecule has 2 rings (SSSR count). The third kappa shape index (κ3) is 3.46. The predicted octanol–water partition coefficient (Wildman–Crippen LogP) is 3.47. The maximum absolute atomic E-state index is 10.6. The van der Waals surface area contributed by atoms with Crippen molar-refractivity contribution in [3.63, 3.8) is 0 Å². The number of methoxy groups -OCH3 is 4. The van der Waals surface area contributed by atoms with Crippen LogP contribution >= 0.6 is 0 Å². The quantitative estimate of drug-likeness (QED) is 0.842. The Morgan fingerprint density at radius 3 is 1.83 bits per heavy atom. The SMILES string of the molecule is C=C(c1ccc(OC)c(OC)c1)C(O)c1ccc(OC)c(OC)c1. The van der Waals surface area contributed by atoms with Gasteiger partial charge in [-0.2, -0.15) is 0 Å². The summed E-state index contributed by atoms with van der Waals surface area (Å²) in [5, 5.41) is 10.6. The molecule has 1 N–H and O–H groups in total. The molecule has 2 aromatic rings. The van der Waals surface area contributed by atoms with Crippen LogP contribution in [0.3, 0.4) is 0 Å². The van der Waals surface area contributed by atoms with Crippen LogP contribution in [0.1, 0.15) is 17.2 Å². The van der Waals surface area contributed by atoms with E-state index < -0.39 is 6.10 Å². The first-order valence-electron chi connectivity index (χ1n) is 7.36. The van der Waals surface area contributed by atoms with Gasteiger partial charge in [-0.25, -0.2) is 0 Å². The highest BCUT2D eigenvalue weighted by Crippen LogP contribution is 2.37. The molecule has 0 saturated heterocycles. The fourth-order valence-corrected chi connectivity index (χ4v) is 2.42. The van der Waals surface area contributed by atoms with Gasteiger partial charge in [0.05, 0.1) is 28.4 Å². The maximum Gasteiger partial charge on any atom is 0.161 e. The number of rotatable bonds is 7. The summed E-state index contributed by atoms with van der Waals surface area (Å²) in [4.78, 5) is 0. The number of aliphatic hydroxyl groups excluding tert-OH is 1. The Balaban J connectivity index is 2.32. The number of benzene rings is 2. The minimum Gasteiger partial charge on any atom is -0.493 e. The summed E-state index contributed by atoms with van der Waals surface area (Å²) in [5.41, 5.74) is 1.96. The normalized spacial score (nSPS) is 11.5. The second-order valence-electron chi connectivity index (χ2n) is 5.11. The molecule has 0 aliphatic heterocycles. The highest BCUT2D eigenvalue weighted by Gasteiger charge is 2.17. The average molecular weight is 330 g/mol. The summed E-state index contributed by atoms with van der Waals surface area (Å²) in [6, 6.07) is 10.6. The van der Waals surface area contributed by atoms with Crippen LogP contribution in [0, 0.1) is 0 Å². The monoisotopic (exact) mass is 330 g/mol. The first kappa shape index (κ1) is 17.7. The van der Waals surface area contributed by atoms with Crippen LogP contribution in [-0.4, -0.2) is 33.5 Å². The second kappa shape index (κ2) is 7.75. The van der Waals surface area contributed by atoms with Crippen molar-refractivity contribution in [3.8, 4) is 23.0 Å². The second-order valence-corrected chi connectivity index (χ2v) is 5.11. The summed E-state index contributed by atoms with van der Waals surface area (Å²) in [5.74, 6) is 2.35. The Morgan fingerprint density at radius 1 is 0.792 bits per heavy atom. The summed E-state index contributed by atoms with van der Waals surface area (Å²) in [7, 11) is 6.26. The van der Waals surface area contributed by atoms with Crippen molar-refractivity contribution in [3.05, 3.63) is 54.1 Å². The molecule has 0 aliphatic carbocycles. The predicted molar refractivity (Wildman–Crippen MR) is 93.1 cm³/mol. The Hall–Kier alpha value is -2.66. The standard InChI is InChI=1S/C19H22O5/c1-12(13-6-8-15(21-2)17(10-13)23-4)19(20)14-7-9-16(22-3)18(11-14)24-5/h6-11,19-20H,1H2,2-5H3. The van der Waals surface area contributed by atoms with E-state index >= 15 is 0 Å². The molecule has 5 nitrogen and oxygen atoms in total. The molecule has 128 valence electrons. The van der Waals surface area contributed by atoms with Crippen molar-refractivity contribution in [2.24, 2.45) is 0 Å². The topological polar surface area (TPSA) is 57.2 Å².